The number of carbonyl (C=O) groups excluding carboxylic acids is 1. The molecule has 2 aromatic heterocycles. The molecule has 2 aromatic carbocycles. The molecular formula is C28H30FN5O2. The third-order valence-corrected chi connectivity index (χ3v) is 6.56. The summed E-state index contributed by atoms with van der Waals surface area (Å²) in [4.78, 5) is 22.7. The van der Waals surface area contributed by atoms with Crippen LogP contribution in [0.5, 0.6) is 5.75 Å². The summed E-state index contributed by atoms with van der Waals surface area (Å²) in [5, 5.41) is 4.75. The highest BCUT2D eigenvalue weighted by molar-refractivity contribution is 5.94. The molecular weight excluding hydrogens is 457 g/mol. The first-order chi connectivity index (χ1) is 17.2. The average molecular weight is 488 g/mol. The number of methoxy groups -OCH3 is 1. The monoisotopic (exact) mass is 487 g/mol. The number of anilines is 1. The van der Waals surface area contributed by atoms with Crippen LogP contribution in [0.4, 0.5) is 10.1 Å². The number of piperazine rings is 1. The van der Waals surface area contributed by atoms with E-state index >= 15 is 0 Å². The van der Waals surface area contributed by atoms with Crippen LogP contribution in [0.1, 0.15) is 37.0 Å². The molecule has 7 nitrogen and oxygen atoms in total. The summed E-state index contributed by atoms with van der Waals surface area (Å²) >= 11 is 0. The first-order valence-corrected chi connectivity index (χ1v) is 12.1. The Morgan fingerprint density at radius 2 is 1.61 bits per heavy atom. The lowest BCUT2D eigenvalue weighted by atomic mass is 9.93. The molecule has 186 valence electrons. The number of amides is 1. The minimum atomic E-state index is -0.315. The minimum Gasteiger partial charge on any atom is -0.497 e. The summed E-state index contributed by atoms with van der Waals surface area (Å²) in [7, 11) is 1.65. The normalized spacial score (nSPS) is 14.4. The first kappa shape index (κ1) is 23.8. The Hall–Kier alpha value is -3.94. The van der Waals surface area contributed by atoms with Gasteiger partial charge in [-0.25, -0.2) is 13.9 Å². The highest BCUT2D eigenvalue weighted by Crippen LogP contribution is 2.27. The Morgan fingerprint density at radius 3 is 2.22 bits per heavy atom. The van der Waals surface area contributed by atoms with Gasteiger partial charge in [0.05, 0.1) is 18.5 Å². The van der Waals surface area contributed by atoms with Crippen LogP contribution in [0, 0.1) is 5.82 Å². The lowest BCUT2D eigenvalue weighted by molar-refractivity contribution is 0.0737. The maximum absolute atomic E-state index is 13.8. The molecule has 0 radical (unpaired) electrons. The highest BCUT2D eigenvalue weighted by Gasteiger charge is 2.27. The van der Waals surface area contributed by atoms with Crippen LogP contribution in [-0.4, -0.2) is 58.7 Å². The number of carbonyl (C=O) groups is 1. The summed E-state index contributed by atoms with van der Waals surface area (Å²) < 4.78 is 20.4. The van der Waals surface area contributed by atoms with E-state index in [2.05, 4.69) is 25.7 Å². The zero-order valence-corrected chi connectivity index (χ0v) is 21.0. The van der Waals surface area contributed by atoms with Gasteiger partial charge in [0.25, 0.3) is 5.91 Å². The largest absolute Gasteiger partial charge is 0.497 e. The number of hydrogen-bond donors (Lipinski definition) is 0. The Balaban J connectivity index is 1.45. The second-order valence-corrected chi connectivity index (χ2v) is 10.1. The van der Waals surface area contributed by atoms with E-state index in [0.29, 0.717) is 30.1 Å². The van der Waals surface area contributed by atoms with E-state index in [4.69, 9.17) is 14.8 Å². The molecule has 0 N–H and O–H groups in total. The topological polar surface area (TPSA) is 63.0 Å². The van der Waals surface area contributed by atoms with Gasteiger partial charge in [-0.2, -0.15) is 5.10 Å². The van der Waals surface area contributed by atoms with Gasteiger partial charge in [-0.05, 0) is 54.6 Å². The summed E-state index contributed by atoms with van der Waals surface area (Å²) in [6, 6.07) is 17.8. The fraction of sp³-hybridized carbons (Fsp3) is 0.321. The molecule has 1 aliphatic rings. The third-order valence-electron chi connectivity index (χ3n) is 6.56. The van der Waals surface area contributed by atoms with E-state index in [-0.39, 0.29) is 17.1 Å². The van der Waals surface area contributed by atoms with Gasteiger partial charge in [-0.3, -0.25) is 4.79 Å². The van der Waals surface area contributed by atoms with Gasteiger partial charge in [0.2, 0.25) is 0 Å². The van der Waals surface area contributed by atoms with Gasteiger partial charge in [0.1, 0.15) is 17.3 Å². The predicted molar refractivity (Wildman–Crippen MR) is 138 cm³/mol. The summed E-state index contributed by atoms with van der Waals surface area (Å²) in [6.45, 7) is 8.87. The van der Waals surface area contributed by atoms with Crippen molar-refractivity contribution in [2.75, 3.05) is 38.2 Å². The van der Waals surface area contributed by atoms with Crippen molar-refractivity contribution in [3.63, 3.8) is 0 Å². The molecule has 4 aromatic rings. The lowest BCUT2D eigenvalue weighted by Crippen LogP contribution is -2.49. The summed E-state index contributed by atoms with van der Waals surface area (Å²) in [5.41, 5.74) is 4.17. The molecule has 1 saturated heterocycles. The standard InChI is InChI=1S/C28H30FN5O2/c1-28(2,3)25-18-26-30-23(19-5-7-20(29)8-6-19)17-24(34(26)31-25)27(35)33-15-13-32(14-16-33)21-9-11-22(36-4)12-10-21/h5-12,17-18H,13-16H2,1-4H3. The van der Waals surface area contributed by atoms with Crippen LogP contribution in [0.2, 0.25) is 0 Å². The molecule has 36 heavy (non-hydrogen) atoms. The van der Waals surface area contributed by atoms with Crippen molar-refractivity contribution in [2.24, 2.45) is 0 Å². The molecule has 3 heterocycles. The predicted octanol–water partition coefficient (Wildman–Crippen LogP) is 4.80. The molecule has 1 aliphatic heterocycles. The Kier molecular flexibility index (Phi) is 6.12. The molecule has 0 bridgehead atoms. The molecule has 1 fully saturated rings. The van der Waals surface area contributed by atoms with Crippen LogP contribution in [0.3, 0.4) is 0 Å². The fourth-order valence-electron chi connectivity index (χ4n) is 4.38. The zero-order valence-electron chi connectivity index (χ0n) is 21.0. The molecule has 8 heteroatoms. The summed E-state index contributed by atoms with van der Waals surface area (Å²) in [6.07, 6.45) is 0. The van der Waals surface area contributed by atoms with Crippen molar-refractivity contribution in [3.8, 4) is 17.0 Å². The maximum atomic E-state index is 13.8. The summed E-state index contributed by atoms with van der Waals surface area (Å²) in [5.74, 6) is 0.411. The lowest BCUT2D eigenvalue weighted by Gasteiger charge is -2.36. The molecule has 0 atom stereocenters. The number of benzene rings is 2. The molecule has 0 aliphatic carbocycles. The van der Waals surface area contributed by atoms with Crippen molar-refractivity contribution in [3.05, 3.63) is 77.9 Å². The minimum absolute atomic E-state index is 0.0938. The van der Waals surface area contributed by atoms with Gasteiger partial charge in [0, 0.05) is 48.9 Å². The molecule has 0 unspecified atom stereocenters. The Labute approximate surface area is 210 Å². The number of nitrogens with zero attached hydrogens (tertiary/aromatic N) is 5. The average Bonchev–Trinajstić information content (AvgIpc) is 3.33. The number of ether oxygens (including phenoxy) is 1. The number of rotatable bonds is 4. The maximum Gasteiger partial charge on any atom is 0.272 e. The van der Waals surface area contributed by atoms with Gasteiger partial charge in [-0.1, -0.05) is 20.8 Å². The molecule has 5 rings (SSSR count). The number of aromatic nitrogens is 3. The first-order valence-electron chi connectivity index (χ1n) is 12.1. The van der Waals surface area contributed by atoms with E-state index < -0.39 is 0 Å². The van der Waals surface area contributed by atoms with Crippen molar-refractivity contribution >= 4 is 17.2 Å². The number of fused-ring (bicyclic) bond motifs is 1. The Morgan fingerprint density at radius 1 is 0.944 bits per heavy atom. The van der Waals surface area contributed by atoms with Crippen LogP contribution in [0.25, 0.3) is 16.9 Å². The van der Waals surface area contributed by atoms with Gasteiger partial charge in [0.15, 0.2) is 5.65 Å². The SMILES string of the molecule is COc1ccc(N2CCN(C(=O)c3cc(-c4ccc(F)cc4)nc4cc(C(C)(C)C)nn34)CC2)cc1. The highest BCUT2D eigenvalue weighted by atomic mass is 19.1. The fourth-order valence-corrected chi connectivity index (χ4v) is 4.38. The van der Waals surface area contributed by atoms with Gasteiger partial charge in [-0.15, -0.1) is 0 Å². The van der Waals surface area contributed by atoms with Crippen LogP contribution < -0.4 is 9.64 Å². The van der Waals surface area contributed by atoms with E-state index in [0.717, 1.165) is 35.8 Å². The van der Waals surface area contributed by atoms with Crippen LogP contribution in [0.15, 0.2) is 60.7 Å². The van der Waals surface area contributed by atoms with E-state index in [1.54, 1.807) is 29.8 Å². The van der Waals surface area contributed by atoms with E-state index in [1.807, 2.05) is 35.2 Å². The molecule has 1 amide bonds. The second kappa shape index (κ2) is 9.26. The van der Waals surface area contributed by atoms with Gasteiger partial charge >= 0.3 is 0 Å². The van der Waals surface area contributed by atoms with E-state index in [1.165, 1.54) is 12.1 Å². The van der Waals surface area contributed by atoms with Crippen molar-refractivity contribution < 1.29 is 13.9 Å². The van der Waals surface area contributed by atoms with Crippen molar-refractivity contribution in [2.45, 2.75) is 26.2 Å². The molecule has 0 saturated carbocycles. The zero-order chi connectivity index (χ0) is 25.4. The number of halogens is 1. The van der Waals surface area contributed by atoms with Crippen LogP contribution in [-0.2, 0) is 5.41 Å². The number of hydrogen-bond acceptors (Lipinski definition) is 5. The third kappa shape index (κ3) is 4.63. The Bertz CT molecular complexity index is 1380. The van der Waals surface area contributed by atoms with Crippen molar-refractivity contribution in [1.82, 2.24) is 19.5 Å². The van der Waals surface area contributed by atoms with Crippen LogP contribution >= 0.6 is 0 Å². The second-order valence-electron chi connectivity index (χ2n) is 10.1. The quantitative estimate of drug-likeness (QED) is 0.414. The van der Waals surface area contributed by atoms with Crippen molar-refractivity contribution in [1.29, 1.82) is 0 Å². The molecule has 0 spiro atoms. The smallest absolute Gasteiger partial charge is 0.272 e. The van der Waals surface area contributed by atoms with Gasteiger partial charge < -0.3 is 14.5 Å². The van der Waals surface area contributed by atoms with E-state index in [9.17, 15) is 9.18 Å².